The zero-order valence-corrected chi connectivity index (χ0v) is 12.9. The first kappa shape index (κ1) is 14.1. The molecule has 0 saturated heterocycles. The summed E-state index contributed by atoms with van der Waals surface area (Å²) in [6.07, 6.45) is 8.93. The van der Waals surface area contributed by atoms with Crippen LogP contribution in [0.3, 0.4) is 0 Å². The molecule has 2 saturated carbocycles. The van der Waals surface area contributed by atoms with Crippen LogP contribution in [0.2, 0.25) is 0 Å². The van der Waals surface area contributed by atoms with E-state index in [4.69, 9.17) is 9.84 Å². The molecule has 1 aromatic rings. The largest absolute Gasteiger partial charge is 0.381 e. The average molecular weight is 277 g/mol. The number of hydrogen-bond acceptors (Lipinski definition) is 3. The number of aromatic nitrogens is 2. The van der Waals surface area contributed by atoms with Crippen molar-refractivity contribution < 1.29 is 4.74 Å². The van der Waals surface area contributed by atoms with Crippen molar-refractivity contribution in [3.8, 4) is 0 Å². The molecular formula is C16H27N3O. The zero-order chi connectivity index (χ0) is 14.2. The van der Waals surface area contributed by atoms with Gasteiger partial charge >= 0.3 is 0 Å². The van der Waals surface area contributed by atoms with Crippen LogP contribution in [0.5, 0.6) is 0 Å². The SMILES string of the molecule is COC1CC(NCc2ccn(C3CCCC3)n2)C1(C)C. The molecule has 3 rings (SSSR count). The highest BCUT2D eigenvalue weighted by atomic mass is 16.5. The molecule has 0 radical (unpaired) electrons. The molecular weight excluding hydrogens is 250 g/mol. The molecule has 0 amide bonds. The minimum Gasteiger partial charge on any atom is -0.381 e. The van der Waals surface area contributed by atoms with Gasteiger partial charge in [-0.1, -0.05) is 26.7 Å². The monoisotopic (exact) mass is 277 g/mol. The van der Waals surface area contributed by atoms with Gasteiger partial charge in [-0.05, 0) is 25.3 Å². The van der Waals surface area contributed by atoms with Gasteiger partial charge in [-0.2, -0.15) is 5.10 Å². The van der Waals surface area contributed by atoms with Gasteiger partial charge in [-0.15, -0.1) is 0 Å². The van der Waals surface area contributed by atoms with Crippen molar-refractivity contribution in [2.24, 2.45) is 5.41 Å². The fraction of sp³-hybridized carbons (Fsp3) is 0.812. The van der Waals surface area contributed by atoms with E-state index in [1.54, 1.807) is 0 Å². The van der Waals surface area contributed by atoms with E-state index >= 15 is 0 Å². The van der Waals surface area contributed by atoms with E-state index in [0.29, 0.717) is 18.2 Å². The highest BCUT2D eigenvalue weighted by molar-refractivity contribution is 5.05. The van der Waals surface area contributed by atoms with Crippen LogP contribution in [0.25, 0.3) is 0 Å². The highest BCUT2D eigenvalue weighted by Crippen LogP contribution is 2.42. The summed E-state index contributed by atoms with van der Waals surface area (Å²) in [6, 6.07) is 3.33. The molecule has 1 heterocycles. The third-order valence-corrected chi connectivity index (χ3v) is 5.35. The Balaban J connectivity index is 1.52. The Morgan fingerprint density at radius 3 is 2.80 bits per heavy atom. The topological polar surface area (TPSA) is 39.1 Å². The molecule has 0 aromatic carbocycles. The summed E-state index contributed by atoms with van der Waals surface area (Å²) in [4.78, 5) is 0. The lowest BCUT2D eigenvalue weighted by atomic mass is 9.64. The molecule has 1 aromatic heterocycles. The van der Waals surface area contributed by atoms with E-state index in [2.05, 4.69) is 36.1 Å². The van der Waals surface area contributed by atoms with Gasteiger partial charge in [0.2, 0.25) is 0 Å². The summed E-state index contributed by atoms with van der Waals surface area (Å²) in [7, 11) is 1.81. The summed E-state index contributed by atoms with van der Waals surface area (Å²) in [5, 5.41) is 8.37. The van der Waals surface area contributed by atoms with Gasteiger partial charge in [0.05, 0.1) is 17.8 Å². The number of rotatable bonds is 5. The van der Waals surface area contributed by atoms with Crippen LogP contribution in [0.4, 0.5) is 0 Å². The summed E-state index contributed by atoms with van der Waals surface area (Å²) in [5.41, 5.74) is 1.39. The summed E-state index contributed by atoms with van der Waals surface area (Å²) in [5.74, 6) is 0. The Kier molecular flexibility index (Phi) is 3.87. The van der Waals surface area contributed by atoms with Crippen LogP contribution >= 0.6 is 0 Å². The lowest BCUT2D eigenvalue weighted by molar-refractivity contribution is -0.0979. The summed E-state index contributed by atoms with van der Waals surface area (Å²) in [6.45, 7) is 5.42. The first-order valence-corrected chi connectivity index (χ1v) is 7.91. The molecule has 2 fully saturated rings. The second kappa shape index (κ2) is 5.49. The van der Waals surface area contributed by atoms with E-state index in [9.17, 15) is 0 Å². The summed E-state index contributed by atoms with van der Waals surface area (Å²) >= 11 is 0. The minimum atomic E-state index is 0.225. The van der Waals surface area contributed by atoms with Crippen molar-refractivity contribution in [2.45, 2.75) is 70.7 Å². The van der Waals surface area contributed by atoms with Crippen LogP contribution in [-0.2, 0) is 11.3 Å². The van der Waals surface area contributed by atoms with Crippen molar-refractivity contribution in [2.75, 3.05) is 7.11 Å². The number of nitrogens with one attached hydrogen (secondary N) is 1. The Hall–Kier alpha value is -0.870. The predicted octanol–water partition coefficient (Wildman–Crippen LogP) is 2.90. The smallest absolute Gasteiger partial charge is 0.0762 e. The number of hydrogen-bond donors (Lipinski definition) is 1. The first-order chi connectivity index (χ1) is 9.61. The van der Waals surface area contributed by atoms with Gasteiger partial charge in [0, 0.05) is 31.3 Å². The second-order valence-electron chi connectivity index (χ2n) is 6.94. The van der Waals surface area contributed by atoms with Crippen LogP contribution < -0.4 is 5.32 Å². The van der Waals surface area contributed by atoms with Crippen molar-refractivity contribution >= 4 is 0 Å². The van der Waals surface area contributed by atoms with E-state index in [1.165, 1.54) is 25.7 Å². The number of nitrogens with zero attached hydrogens (tertiary/aromatic N) is 2. The maximum absolute atomic E-state index is 5.50. The fourth-order valence-corrected chi connectivity index (χ4v) is 3.70. The molecule has 4 heteroatoms. The molecule has 2 unspecified atom stereocenters. The fourth-order valence-electron chi connectivity index (χ4n) is 3.70. The van der Waals surface area contributed by atoms with Gasteiger partial charge < -0.3 is 10.1 Å². The Labute approximate surface area is 121 Å². The molecule has 4 nitrogen and oxygen atoms in total. The lowest BCUT2D eigenvalue weighted by Crippen LogP contribution is -2.60. The maximum Gasteiger partial charge on any atom is 0.0762 e. The molecule has 20 heavy (non-hydrogen) atoms. The van der Waals surface area contributed by atoms with E-state index < -0.39 is 0 Å². The molecule has 1 N–H and O–H groups in total. The predicted molar refractivity (Wildman–Crippen MR) is 79.6 cm³/mol. The van der Waals surface area contributed by atoms with Crippen LogP contribution in [0, 0.1) is 5.41 Å². The molecule has 0 bridgehead atoms. The third kappa shape index (κ3) is 2.51. The molecule has 112 valence electrons. The standard InChI is InChI=1S/C16H27N3O/c1-16(2)14(10-15(16)20-3)17-11-12-8-9-19(18-12)13-6-4-5-7-13/h8-9,13-15,17H,4-7,10-11H2,1-3H3. The van der Waals surface area contributed by atoms with Crippen LogP contribution in [0.15, 0.2) is 12.3 Å². The molecule has 0 aliphatic heterocycles. The normalized spacial score (nSPS) is 29.6. The highest BCUT2D eigenvalue weighted by Gasteiger charge is 2.48. The van der Waals surface area contributed by atoms with Gasteiger partial charge in [0.15, 0.2) is 0 Å². The van der Waals surface area contributed by atoms with Crippen molar-refractivity contribution in [1.29, 1.82) is 0 Å². The molecule has 2 aliphatic carbocycles. The molecule has 0 spiro atoms. The first-order valence-electron chi connectivity index (χ1n) is 7.91. The zero-order valence-electron chi connectivity index (χ0n) is 12.9. The second-order valence-corrected chi connectivity index (χ2v) is 6.94. The van der Waals surface area contributed by atoms with Crippen molar-refractivity contribution in [3.05, 3.63) is 18.0 Å². The summed E-state index contributed by atoms with van der Waals surface area (Å²) < 4.78 is 7.67. The molecule has 2 aliphatic rings. The van der Waals surface area contributed by atoms with Crippen LogP contribution in [0.1, 0.15) is 57.7 Å². The van der Waals surface area contributed by atoms with E-state index in [-0.39, 0.29) is 5.41 Å². The Morgan fingerprint density at radius 1 is 1.40 bits per heavy atom. The van der Waals surface area contributed by atoms with Gasteiger partial charge in [-0.25, -0.2) is 0 Å². The number of methoxy groups -OCH3 is 1. The van der Waals surface area contributed by atoms with Gasteiger partial charge in [0.1, 0.15) is 0 Å². The lowest BCUT2D eigenvalue weighted by Gasteiger charge is -2.51. The maximum atomic E-state index is 5.50. The van der Waals surface area contributed by atoms with Crippen molar-refractivity contribution in [1.82, 2.24) is 15.1 Å². The Morgan fingerprint density at radius 2 is 2.15 bits per heavy atom. The van der Waals surface area contributed by atoms with Crippen LogP contribution in [-0.4, -0.2) is 29.0 Å². The Bertz CT molecular complexity index is 448. The van der Waals surface area contributed by atoms with Gasteiger partial charge in [-0.3, -0.25) is 4.68 Å². The third-order valence-electron chi connectivity index (χ3n) is 5.35. The van der Waals surface area contributed by atoms with Crippen molar-refractivity contribution in [3.63, 3.8) is 0 Å². The number of ether oxygens (including phenoxy) is 1. The van der Waals surface area contributed by atoms with E-state index in [0.717, 1.165) is 18.7 Å². The van der Waals surface area contributed by atoms with E-state index in [1.807, 2.05) is 7.11 Å². The minimum absolute atomic E-state index is 0.225. The van der Waals surface area contributed by atoms with Gasteiger partial charge in [0.25, 0.3) is 0 Å². The average Bonchev–Trinajstić information content (AvgIpc) is 3.08. The quantitative estimate of drug-likeness (QED) is 0.899. The molecule has 2 atom stereocenters.